The van der Waals surface area contributed by atoms with Gasteiger partial charge in [0.15, 0.2) is 18.0 Å². The lowest BCUT2D eigenvalue weighted by Gasteiger charge is -2.24. The van der Waals surface area contributed by atoms with Gasteiger partial charge in [-0.15, -0.1) is 0 Å². The van der Waals surface area contributed by atoms with Crippen LogP contribution in [-0.2, 0) is 4.79 Å². The number of nitrogens with one attached hydrogen (secondary N) is 2. The summed E-state index contributed by atoms with van der Waals surface area (Å²) in [5.74, 6) is 1.62. The van der Waals surface area contributed by atoms with E-state index in [9.17, 15) is 4.79 Å². The van der Waals surface area contributed by atoms with Crippen LogP contribution in [0.15, 0.2) is 36.4 Å². The molecule has 2 atom stereocenters. The third-order valence-electron chi connectivity index (χ3n) is 5.30. The van der Waals surface area contributed by atoms with Gasteiger partial charge in [-0.05, 0) is 42.8 Å². The fourth-order valence-electron chi connectivity index (χ4n) is 3.88. The quantitative estimate of drug-likeness (QED) is 0.848. The Hall–Kier alpha value is -2.24. The molecule has 6 heteroatoms. The van der Waals surface area contributed by atoms with Gasteiger partial charge in [-0.25, -0.2) is 0 Å². The summed E-state index contributed by atoms with van der Waals surface area (Å²) in [5.41, 5.74) is 2.95. The summed E-state index contributed by atoms with van der Waals surface area (Å²) >= 11 is 6.15. The maximum Gasteiger partial charge on any atom is 0.279 e. The molecule has 2 heterocycles. The Bertz CT molecular complexity index is 855. The van der Waals surface area contributed by atoms with E-state index in [0.29, 0.717) is 30.8 Å². The molecule has 2 aliphatic heterocycles. The highest BCUT2D eigenvalue weighted by atomic mass is 35.5. The number of carbonyl (C=O) groups excluding carboxylic acids is 1. The number of rotatable bonds is 4. The number of ether oxygens (including phenoxy) is 2. The summed E-state index contributed by atoms with van der Waals surface area (Å²) in [6.45, 7) is 4.54. The Balaban J connectivity index is 1.43. The third kappa shape index (κ3) is 4.04. The van der Waals surface area contributed by atoms with Gasteiger partial charge in [-0.2, -0.15) is 0 Å². The summed E-state index contributed by atoms with van der Waals surface area (Å²) in [7, 11) is 0. The first kappa shape index (κ1) is 18.1. The van der Waals surface area contributed by atoms with Crippen LogP contribution < -0.4 is 19.7 Å². The first-order valence-corrected chi connectivity index (χ1v) is 9.78. The minimum atomic E-state index is 0.00867. The average Bonchev–Trinajstić information content (AvgIpc) is 3.12. The van der Waals surface area contributed by atoms with Crippen LogP contribution in [0, 0.1) is 6.92 Å². The molecule has 0 radical (unpaired) electrons. The van der Waals surface area contributed by atoms with Gasteiger partial charge >= 0.3 is 0 Å². The van der Waals surface area contributed by atoms with E-state index in [1.165, 1.54) is 10.5 Å². The molecular weight excluding hydrogens is 364 g/mol. The lowest BCUT2D eigenvalue weighted by Crippen LogP contribution is -3.11. The minimum absolute atomic E-state index is 0.00867. The molecule has 1 fully saturated rings. The molecule has 1 unspecified atom stereocenters. The van der Waals surface area contributed by atoms with Crippen molar-refractivity contribution < 1.29 is 19.2 Å². The second-order valence-electron chi connectivity index (χ2n) is 7.20. The Labute approximate surface area is 164 Å². The van der Waals surface area contributed by atoms with E-state index in [-0.39, 0.29) is 5.91 Å². The molecule has 0 bridgehead atoms. The molecule has 27 heavy (non-hydrogen) atoms. The van der Waals surface area contributed by atoms with Crippen molar-refractivity contribution >= 4 is 23.2 Å². The number of anilines is 1. The van der Waals surface area contributed by atoms with Crippen molar-refractivity contribution in [1.82, 2.24) is 0 Å². The van der Waals surface area contributed by atoms with Crippen molar-refractivity contribution in [3.05, 3.63) is 52.5 Å². The van der Waals surface area contributed by atoms with E-state index >= 15 is 0 Å². The van der Waals surface area contributed by atoms with E-state index in [1.54, 1.807) is 6.07 Å². The maximum absolute atomic E-state index is 12.6. The minimum Gasteiger partial charge on any atom is -0.486 e. The highest BCUT2D eigenvalue weighted by molar-refractivity contribution is 6.31. The van der Waals surface area contributed by atoms with Crippen molar-refractivity contribution in [2.24, 2.45) is 0 Å². The van der Waals surface area contributed by atoms with Crippen LogP contribution in [-0.4, -0.2) is 32.2 Å². The Morgan fingerprint density at radius 3 is 2.81 bits per heavy atom. The Morgan fingerprint density at radius 1 is 1.19 bits per heavy atom. The van der Waals surface area contributed by atoms with E-state index in [4.69, 9.17) is 21.1 Å². The van der Waals surface area contributed by atoms with Gasteiger partial charge in [0.1, 0.15) is 19.3 Å². The molecule has 4 rings (SSSR count). The highest BCUT2D eigenvalue weighted by Gasteiger charge is 2.32. The fraction of sp³-hybridized carbons (Fsp3) is 0.381. The second kappa shape index (κ2) is 7.79. The fourth-order valence-corrected chi connectivity index (χ4v) is 4.06. The first-order valence-electron chi connectivity index (χ1n) is 9.40. The van der Waals surface area contributed by atoms with Crippen LogP contribution in [0.25, 0.3) is 0 Å². The lowest BCUT2D eigenvalue weighted by atomic mass is 10.0. The van der Waals surface area contributed by atoms with E-state index in [2.05, 4.69) is 17.4 Å². The Kier molecular flexibility index (Phi) is 5.23. The molecule has 2 aromatic rings. The number of hydrogen-bond acceptors (Lipinski definition) is 3. The summed E-state index contributed by atoms with van der Waals surface area (Å²) in [6.07, 6.45) is 2.18. The van der Waals surface area contributed by atoms with Gasteiger partial charge in [-0.3, -0.25) is 4.79 Å². The summed E-state index contributed by atoms with van der Waals surface area (Å²) in [5, 5.41) is 3.63. The smallest absolute Gasteiger partial charge is 0.279 e. The molecule has 142 valence electrons. The van der Waals surface area contributed by atoms with E-state index in [0.717, 1.165) is 42.1 Å². The Morgan fingerprint density at radius 2 is 2.00 bits per heavy atom. The van der Waals surface area contributed by atoms with Gasteiger partial charge in [-0.1, -0.05) is 17.7 Å². The molecule has 2 aliphatic rings. The standard InChI is InChI=1S/C21H23ClN2O3/c1-14-4-6-16(12-17(14)22)23-21(25)13-24-8-2-3-18(24)15-5-7-19-20(11-15)27-10-9-26-19/h4-7,11-12,18H,2-3,8-10,13H2,1H3,(H,23,25)/p+1/t18-/m0/s1. The van der Waals surface area contributed by atoms with Gasteiger partial charge in [0.25, 0.3) is 5.91 Å². The zero-order valence-corrected chi connectivity index (χ0v) is 16.1. The van der Waals surface area contributed by atoms with E-state index < -0.39 is 0 Å². The monoisotopic (exact) mass is 387 g/mol. The molecule has 2 aromatic carbocycles. The maximum atomic E-state index is 12.6. The van der Waals surface area contributed by atoms with Gasteiger partial charge in [0.05, 0.1) is 6.54 Å². The number of hydrogen-bond donors (Lipinski definition) is 2. The normalized spacial score (nSPS) is 21.1. The van der Waals surface area contributed by atoms with Crippen molar-refractivity contribution in [3.63, 3.8) is 0 Å². The van der Waals surface area contributed by atoms with Crippen LogP contribution in [0.5, 0.6) is 11.5 Å². The van der Waals surface area contributed by atoms with Crippen molar-refractivity contribution in [2.75, 3.05) is 31.6 Å². The lowest BCUT2D eigenvalue weighted by molar-refractivity contribution is -0.910. The number of amides is 1. The number of fused-ring (bicyclic) bond motifs is 1. The molecule has 0 saturated carbocycles. The second-order valence-corrected chi connectivity index (χ2v) is 7.60. The molecule has 1 saturated heterocycles. The summed E-state index contributed by atoms with van der Waals surface area (Å²) in [6, 6.07) is 12.0. The number of aryl methyl sites for hydroxylation is 1. The largest absolute Gasteiger partial charge is 0.486 e. The average molecular weight is 388 g/mol. The van der Waals surface area contributed by atoms with Crippen LogP contribution in [0.4, 0.5) is 5.69 Å². The number of quaternary nitrogens is 1. The van der Waals surface area contributed by atoms with Crippen molar-refractivity contribution in [2.45, 2.75) is 25.8 Å². The molecule has 0 spiro atoms. The predicted molar refractivity (Wildman–Crippen MR) is 105 cm³/mol. The highest BCUT2D eigenvalue weighted by Crippen LogP contribution is 2.33. The van der Waals surface area contributed by atoms with Crippen LogP contribution >= 0.6 is 11.6 Å². The number of likely N-dealkylation sites (tertiary alicyclic amines) is 1. The topological polar surface area (TPSA) is 52.0 Å². The zero-order chi connectivity index (χ0) is 18.8. The molecule has 1 amide bonds. The van der Waals surface area contributed by atoms with E-state index in [1.807, 2.05) is 25.1 Å². The van der Waals surface area contributed by atoms with Gasteiger partial charge < -0.3 is 19.7 Å². The van der Waals surface area contributed by atoms with Crippen LogP contribution in [0.1, 0.15) is 30.0 Å². The van der Waals surface area contributed by atoms with Crippen LogP contribution in [0.3, 0.4) is 0 Å². The predicted octanol–water partition coefficient (Wildman–Crippen LogP) is 2.78. The number of carbonyl (C=O) groups is 1. The zero-order valence-electron chi connectivity index (χ0n) is 15.4. The molecule has 5 nitrogen and oxygen atoms in total. The molecule has 0 aromatic heterocycles. The first-order chi connectivity index (χ1) is 13.1. The van der Waals surface area contributed by atoms with Crippen molar-refractivity contribution in [1.29, 1.82) is 0 Å². The third-order valence-corrected chi connectivity index (χ3v) is 5.70. The van der Waals surface area contributed by atoms with Gasteiger partial charge in [0.2, 0.25) is 0 Å². The number of benzene rings is 2. The summed E-state index contributed by atoms with van der Waals surface area (Å²) in [4.78, 5) is 13.8. The SMILES string of the molecule is Cc1ccc(NC(=O)C[NH+]2CCC[C@H]2c2ccc3c(c2)OCCO3)cc1Cl. The number of halogens is 1. The van der Waals surface area contributed by atoms with Crippen LogP contribution in [0.2, 0.25) is 5.02 Å². The van der Waals surface area contributed by atoms with Gasteiger partial charge in [0, 0.05) is 29.1 Å². The molecular formula is C21H24ClN2O3+. The molecule has 0 aliphatic carbocycles. The summed E-state index contributed by atoms with van der Waals surface area (Å²) < 4.78 is 11.3. The molecule has 2 N–H and O–H groups in total. The van der Waals surface area contributed by atoms with Crippen molar-refractivity contribution in [3.8, 4) is 11.5 Å².